The van der Waals surface area contributed by atoms with Crippen LogP contribution in [0.15, 0.2) is 65.7 Å². The van der Waals surface area contributed by atoms with Gasteiger partial charge in [-0.2, -0.15) is 5.26 Å². The Morgan fingerprint density at radius 1 is 1.08 bits per heavy atom. The van der Waals surface area contributed by atoms with Gasteiger partial charge in [0.1, 0.15) is 11.1 Å². The first-order valence-electron chi connectivity index (χ1n) is 8.28. The third-order valence-electron chi connectivity index (χ3n) is 4.07. The van der Waals surface area contributed by atoms with Crippen molar-refractivity contribution in [2.45, 2.75) is 18.9 Å². The van der Waals surface area contributed by atoms with Crippen LogP contribution in [0.1, 0.15) is 27.0 Å². The largest absolute Gasteiger partial charge is 0.293 e. The van der Waals surface area contributed by atoms with Crippen molar-refractivity contribution in [1.29, 1.82) is 5.26 Å². The fraction of sp³-hybridized carbons (Fsp3) is 0.136. The zero-order valence-electron chi connectivity index (χ0n) is 14.7. The van der Waals surface area contributed by atoms with Gasteiger partial charge in [-0.1, -0.05) is 65.9 Å². The number of carbonyl (C=O) groups is 1. The van der Waals surface area contributed by atoms with Crippen LogP contribution < -0.4 is 0 Å². The molecule has 1 heterocycles. The monoisotopic (exact) mass is 358 g/mol. The molecule has 0 spiro atoms. The Labute approximate surface area is 157 Å². The lowest BCUT2D eigenvalue weighted by atomic mass is 10.0. The number of carbonyl (C=O) groups excluding carboxylic acids is 1. The number of thioether (sulfide) groups is 1. The van der Waals surface area contributed by atoms with E-state index in [1.54, 1.807) is 6.07 Å². The molecule has 0 amide bonds. The molecule has 4 heteroatoms. The minimum Gasteiger partial charge on any atom is -0.293 e. The SMILES string of the molecule is Cc1ccc(C(=O)CSc2nc(-c3ccccc3)ccc2C#N)c(C)c1. The molecule has 0 aliphatic rings. The molecular formula is C22H18N2OS. The van der Waals surface area contributed by atoms with Crippen LogP contribution in [0.3, 0.4) is 0 Å². The molecule has 0 N–H and O–H groups in total. The molecule has 3 nitrogen and oxygen atoms in total. The Balaban J connectivity index is 1.82. The molecule has 1 aromatic heterocycles. The smallest absolute Gasteiger partial charge is 0.173 e. The highest BCUT2D eigenvalue weighted by molar-refractivity contribution is 8.00. The molecule has 2 aromatic carbocycles. The molecule has 3 rings (SSSR count). The van der Waals surface area contributed by atoms with E-state index in [0.717, 1.165) is 27.9 Å². The summed E-state index contributed by atoms with van der Waals surface area (Å²) in [4.78, 5) is 17.2. The minimum absolute atomic E-state index is 0.0447. The van der Waals surface area contributed by atoms with E-state index in [-0.39, 0.29) is 11.5 Å². The van der Waals surface area contributed by atoms with Gasteiger partial charge in [-0.25, -0.2) is 4.98 Å². The molecule has 0 radical (unpaired) electrons. The van der Waals surface area contributed by atoms with E-state index in [1.165, 1.54) is 11.8 Å². The summed E-state index contributed by atoms with van der Waals surface area (Å²) in [6.07, 6.45) is 0. The van der Waals surface area contributed by atoms with Crippen molar-refractivity contribution in [1.82, 2.24) is 4.98 Å². The van der Waals surface area contributed by atoms with Crippen LogP contribution in [0.25, 0.3) is 11.3 Å². The quantitative estimate of drug-likeness (QED) is 0.464. The van der Waals surface area contributed by atoms with Gasteiger partial charge in [-0.05, 0) is 31.5 Å². The lowest BCUT2D eigenvalue weighted by molar-refractivity contribution is 0.102. The van der Waals surface area contributed by atoms with Crippen LogP contribution in [-0.2, 0) is 0 Å². The van der Waals surface area contributed by atoms with E-state index < -0.39 is 0 Å². The van der Waals surface area contributed by atoms with Gasteiger partial charge in [-0.15, -0.1) is 0 Å². The fourth-order valence-corrected chi connectivity index (χ4v) is 3.60. The number of rotatable bonds is 5. The van der Waals surface area contributed by atoms with Crippen molar-refractivity contribution in [2.24, 2.45) is 0 Å². The molecule has 0 atom stereocenters. The van der Waals surface area contributed by atoms with Gasteiger partial charge in [0.15, 0.2) is 5.78 Å². The molecule has 3 aromatic rings. The minimum atomic E-state index is 0.0447. The zero-order chi connectivity index (χ0) is 18.5. The number of benzene rings is 2. The second-order valence-electron chi connectivity index (χ2n) is 6.06. The van der Waals surface area contributed by atoms with Gasteiger partial charge < -0.3 is 0 Å². The summed E-state index contributed by atoms with van der Waals surface area (Å²) < 4.78 is 0. The van der Waals surface area contributed by atoms with E-state index >= 15 is 0 Å². The van der Waals surface area contributed by atoms with Gasteiger partial charge in [-0.3, -0.25) is 4.79 Å². The summed E-state index contributed by atoms with van der Waals surface area (Å²) in [5, 5.41) is 9.94. The summed E-state index contributed by atoms with van der Waals surface area (Å²) in [5.41, 5.74) is 5.10. The fourth-order valence-electron chi connectivity index (χ4n) is 2.74. The van der Waals surface area contributed by atoms with Crippen molar-refractivity contribution < 1.29 is 4.79 Å². The van der Waals surface area contributed by atoms with Gasteiger partial charge >= 0.3 is 0 Å². The highest BCUT2D eigenvalue weighted by Gasteiger charge is 2.13. The maximum Gasteiger partial charge on any atom is 0.173 e. The summed E-state index contributed by atoms with van der Waals surface area (Å²) >= 11 is 1.31. The number of aryl methyl sites for hydroxylation is 2. The van der Waals surface area contributed by atoms with Gasteiger partial charge in [0.05, 0.1) is 17.0 Å². The predicted octanol–water partition coefficient (Wildman–Crippen LogP) is 5.21. The normalized spacial score (nSPS) is 10.3. The molecule has 0 aliphatic heterocycles. The highest BCUT2D eigenvalue weighted by atomic mass is 32.2. The summed E-state index contributed by atoms with van der Waals surface area (Å²) in [6, 6.07) is 21.4. The van der Waals surface area contributed by atoms with Crippen LogP contribution in [0.2, 0.25) is 0 Å². The van der Waals surface area contributed by atoms with E-state index in [0.29, 0.717) is 10.6 Å². The zero-order valence-corrected chi connectivity index (χ0v) is 15.5. The molecule has 26 heavy (non-hydrogen) atoms. The number of nitrogens with zero attached hydrogens (tertiary/aromatic N) is 2. The van der Waals surface area contributed by atoms with Crippen molar-refractivity contribution >= 4 is 17.5 Å². The lowest BCUT2D eigenvalue weighted by Gasteiger charge is -2.08. The maximum atomic E-state index is 12.6. The first kappa shape index (κ1) is 17.9. The van der Waals surface area contributed by atoms with Crippen LogP contribution >= 0.6 is 11.8 Å². The van der Waals surface area contributed by atoms with Gasteiger partial charge in [0, 0.05) is 11.1 Å². The number of pyridine rings is 1. The molecule has 0 unspecified atom stereocenters. The third-order valence-corrected chi connectivity index (χ3v) is 5.06. The topological polar surface area (TPSA) is 53.8 Å². The Morgan fingerprint density at radius 2 is 1.85 bits per heavy atom. The molecule has 0 fully saturated rings. The summed E-state index contributed by atoms with van der Waals surface area (Å²) in [6.45, 7) is 3.95. The van der Waals surface area contributed by atoms with E-state index in [9.17, 15) is 10.1 Å². The maximum absolute atomic E-state index is 12.6. The molecule has 128 valence electrons. The Kier molecular flexibility index (Phi) is 5.50. The predicted molar refractivity (Wildman–Crippen MR) is 105 cm³/mol. The van der Waals surface area contributed by atoms with Crippen molar-refractivity contribution in [3.63, 3.8) is 0 Å². The highest BCUT2D eigenvalue weighted by Crippen LogP contribution is 2.26. The number of nitriles is 1. The second-order valence-corrected chi connectivity index (χ2v) is 7.02. The molecule has 0 saturated carbocycles. The average Bonchev–Trinajstić information content (AvgIpc) is 2.66. The number of ketones is 1. The number of hydrogen-bond donors (Lipinski definition) is 0. The van der Waals surface area contributed by atoms with E-state index in [4.69, 9.17) is 0 Å². The standard InChI is InChI=1S/C22H18N2OS/c1-15-8-10-19(16(2)12-15)21(25)14-26-22-18(13-23)9-11-20(24-22)17-6-4-3-5-7-17/h3-12H,14H2,1-2H3. The van der Waals surface area contributed by atoms with Crippen LogP contribution in [0.4, 0.5) is 0 Å². The summed E-state index contributed by atoms with van der Waals surface area (Å²) in [5.74, 6) is 0.299. The summed E-state index contributed by atoms with van der Waals surface area (Å²) in [7, 11) is 0. The molecule has 0 saturated heterocycles. The van der Waals surface area contributed by atoms with E-state index in [1.807, 2.05) is 68.4 Å². The van der Waals surface area contributed by atoms with Gasteiger partial charge in [0.25, 0.3) is 0 Å². The average molecular weight is 358 g/mol. The van der Waals surface area contributed by atoms with Gasteiger partial charge in [0.2, 0.25) is 0 Å². The Morgan fingerprint density at radius 3 is 2.54 bits per heavy atom. The number of aromatic nitrogens is 1. The van der Waals surface area contributed by atoms with Crippen molar-refractivity contribution in [3.05, 3.63) is 82.9 Å². The number of hydrogen-bond acceptors (Lipinski definition) is 4. The van der Waals surface area contributed by atoms with Crippen molar-refractivity contribution in [3.8, 4) is 17.3 Å². The van der Waals surface area contributed by atoms with Crippen LogP contribution in [0.5, 0.6) is 0 Å². The Bertz CT molecular complexity index is 991. The second kappa shape index (κ2) is 7.99. The first-order valence-corrected chi connectivity index (χ1v) is 9.27. The third kappa shape index (κ3) is 4.01. The lowest BCUT2D eigenvalue weighted by Crippen LogP contribution is -2.05. The molecular weight excluding hydrogens is 340 g/mol. The number of Topliss-reactive ketones (excluding diaryl/α,β-unsaturated/α-hetero) is 1. The van der Waals surface area contributed by atoms with E-state index in [2.05, 4.69) is 11.1 Å². The van der Waals surface area contributed by atoms with Crippen molar-refractivity contribution in [2.75, 3.05) is 5.75 Å². The van der Waals surface area contributed by atoms with Crippen LogP contribution in [-0.4, -0.2) is 16.5 Å². The first-order chi connectivity index (χ1) is 12.6. The molecule has 0 bridgehead atoms. The molecule has 0 aliphatic carbocycles. The Hall–Kier alpha value is -2.90. The van der Waals surface area contributed by atoms with Crippen LogP contribution in [0, 0.1) is 25.2 Å².